The van der Waals surface area contributed by atoms with Gasteiger partial charge < -0.3 is 14.7 Å². The molecular formula is C28H30N4O5S. The number of carbonyl (C=O) groups excluding carboxylic acids is 1. The maximum Gasteiger partial charge on any atom is 0.259 e. The van der Waals surface area contributed by atoms with Crippen LogP contribution in [-0.2, 0) is 10.0 Å². The van der Waals surface area contributed by atoms with E-state index in [0.29, 0.717) is 5.56 Å². The summed E-state index contributed by atoms with van der Waals surface area (Å²) in [5.74, 6) is -0.475. The van der Waals surface area contributed by atoms with E-state index in [1.54, 1.807) is 24.1 Å². The Morgan fingerprint density at radius 3 is 2.50 bits per heavy atom. The second-order valence-electron chi connectivity index (χ2n) is 9.49. The highest BCUT2D eigenvalue weighted by atomic mass is 32.2. The molecule has 2 aromatic carbocycles. The number of ether oxygens (including phenoxy) is 1. The largest absolute Gasteiger partial charge is 0.472 e. The number of rotatable bonds is 7. The molecule has 1 amide bonds. The molecule has 0 radical (unpaired) electrons. The van der Waals surface area contributed by atoms with Gasteiger partial charge >= 0.3 is 0 Å². The monoisotopic (exact) mass is 534 g/mol. The summed E-state index contributed by atoms with van der Waals surface area (Å²) in [5, 5.41) is 18.9. The van der Waals surface area contributed by atoms with Crippen molar-refractivity contribution < 1.29 is 23.1 Å². The van der Waals surface area contributed by atoms with Gasteiger partial charge in [-0.15, -0.1) is 0 Å². The van der Waals surface area contributed by atoms with Crippen LogP contribution in [-0.4, -0.2) is 72.5 Å². The van der Waals surface area contributed by atoms with Gasteiger partial charge in [0.1, 0.15) is 11.7 Å². The first kappa shape index (κ1) is 27.3. The smallest absolute Gasteiger partial charge is 0.259 e. The predicted octanol–water partition coefficient (Wildman–Crippen LogP) is 3.16. The number of aliphatic hydroxyl groups is 1. The fourth-order valence-electron chi connectivity index (χ4n) is 4.34. The summed E-state index contributed by atoms with van der Waals surface area (Å²) in [7, 11) is -2.40. The molecule has 0 unspecified atom stereocenters. The van der Waals surface area contributed by atoms with Gasteiger partial charge in [0.15, 0.2) is 0 Å². The van der Waals surface area contributed by atoms with Crippen LogP contribution in [0.5, 0.6) is 5.88 Å². The van der Waals surface area contributed by atoms with Crippen LogP contribution in [0.15, 0.2) is 71.8 Å². The standard InChI is InChI=1S/C28H30N4O5S/c1-19-16-32(20(2)18-33)28(34)25-13-23(22-7-5-4-6-8-22)15-30-27(25)37-26(19)17-31(3)38(35,36)24-11-9-21(14-29)10-12-24/h4-13,15,19-20,26,33H,16-18H2,1-3H3/t19-,20+,26-/m0/s1. The average molecular weight is 535 g/mol. The number of aliphatic hydroxyl groups excluding tert-OH is 1. The Bertz CT molecular complexity index is 1440. The van der Waals surface area contributed by atoms with Gasteiger partial charge in [-0.05, 0) is 42.8 Å². The summed E-state index contributed by atoms with van der Waals surface area (Å²) in [5.41, 5.74) is 2.24. The molecule has 2 heterocycles. The molecular weight excluding hydrogens is 504 g/mol. The van der Waals surface area contributed by atoms with Crippen LogP contribution in [0.2, 0.25) is 0 Å². The van der Waals surface area contributed by atoms with Crippen LogP contribution >= 0.6 is 0 Å². The van der Waals surface area contributed by atoms with Gasteiger partial charge in [-0.1, -0.05) is 37.3 Å². The minimum Gasteiger partial charge on any atom is -0.472 e. The van der Waals surface area contributed by atoms with E-state index < -0.39 is 22.2 Å². The summed E-state index contributed by atoms with van der Waals surface area (Å²) in [4.78, 5) is 19.7. The summed E-state index contributed by atoms with van der Waals surface area (Å²) >= 11 is 0. The summed E-state index contributed by atoms with van der Waals surface area (Å²) < 4.78 is 34.0. The number of fused-ring (bicyclic) bond motifs is 1. The van der Waals surface area contributed by atoms with Crippen molar-refractivity contribution in [1.29, 1.82) is 5.26 Å². The molecule has 1 aliphatic heterocycles. The van der Waals surface area contributed by atoms with Crippen molar-refractivity contribution in [3.63, 3.8) is 0 Å². The Morgan fingerprint density at radius 1 is 1.18 bits per heavy atom. The highest BCUT2D eigenvalue weighted by Gasteiger charge is 2.36. The fourth-order valence-corrected chi connectivity index (χ4v) is 5.52. The minimum atomic E-state index is -3.87. The van der Waals surface area contributed by atoms with Gasteiger partial charge in [0.25, 0.3) is 5.91 Å². The van der Waals surface area contributed by atoms with E-state index in [9.17, 15) is 18.3 Å². The van der Waals surface area contributed by atoms with Crippen molar-refractivity contribution in [2.24, 2.45) is 5.92 Å². The maximum absolute atomic E-state index is 13.6. The Kier molecular flexibility index (Phi) is 8.11. The number of nitriles is 1. The molecule has 0 bridgehead atoms. The second kappa shape index (κ2) is 11.3. The number of sulfonamides is 1. The number of pyridine rings is 1. The molecule has 3 atom stereocenters. The SMILES string of the molecule is C[C@H](CO)N1C[C@H](C)[C@H](CN(C)S(=O)(=O)c2ccc(C#N)cc2)Oc2ncc(-c3ccccc3)cc2C1=O. The zero-order chi connectivity index (χ0) is 27.4. The number of benzene rings is 2. The number of hydrogen-bond donors (Lipinski definition) is 1. The normalized spacial score (nSPS) is 18.6. The Balaban J connectivity index is 1.69. The van der Waals surface area contributed by atoms with Gasteiger partial charge in [-0.3, -0.25) is 4.79 Å². The van der Waals surface area contributed by atoms with Gasteiger partial charge in [-0.25, -0.2) is 13.4 Å². The highest BCUT2D eigenvalue weighted by molar-refractivity contribution is 7.89. The zero-order valence-electron chi connectivity index (χ0n) is 21.5. The number of likely N-dealkylation sites (N-methyl/N-ethyl adjacent to an activating group) is 1. The van der Waals surface area contributed by atoms with Crippen LogP contribution in [0.4, 0.5) is 0 Å². The minimum absolute atomic E-state index is 0.000590. The Labute approximate surface area is 223 Å². The number of aromatic nitrogens is 1. The molecule has 10 heteroatoms. The summed E-state index contributed by atoms with van der Waals surface area (Å²) in [6.45, 7) is 3.67. The number of nitrogens with zero attached hydrogens (tertiary/aromatic N) is 4. The van der Waals surface area contributed by atoms with Gasteiger partial charge in [0, 0.05) is 31.3 Å². The summed E-state index contributed by atoms with van der Waals surface area (Å²) in [6, 6.07) is 18.5. The van der Waals surface area contributed by atoms with E-state index in [1.165, 1.54) is 35.6 Å². The lowest BCUT2D eigenvalue weighted by Gasteiger charge is -2.37. The fraction of sp³-hybridized carbons (Fsp3) is 0.321. The first-order chi connectivity index (χ1) is 18.1. The number of amides is 1. The van der Waals surface area contributed by atoms with Crippen LogP contribution in [0.1, 0.15) is 29.8 Å². The average Bonchev–Trinajstić information content (AvgIpc) is 2.94. The molecule has 9 nitrogen and oxygen atoms in total. The van der Waals surface area contributed by atoms with Crippen molar-refractivity contribution in [3.8, 4) is 23.1 Å². The van der Waals surface area contributed by atoms with Gasteiger partial charge in [0.05, 0.1) is 35.7 Å². The molecule has 0 aliphatic carbocycles. The quantitative estimate of drug-likeness (QED) is 0.494. The topological polar surface area (TPSA) is 124 Å². The molecule has 1 N–H and O–H groups in total. The Hall–Kier alpha value is -3.78. The molecule has 0 saturated heterocycles. The highest BCUT2D eigenvalue weighted by Crippen LogP contribution is 2.31. The third-order valence-electron chi connectivity index (χ3n) is 6.76. The molecule has 1 aliphatic rings. The second-order valence-corrected chi connectivity index (χ2v) is 11.5. The van der Waals surface area contributed by atoms with Crippen molar-refractivity contribution in [3.05, 3.63) is 78.0 Å². The first-order valence-electron chi connectivity index (χ1n) is 12.3. The maximum atomic E-state index is 13.6. The van der Waals surface area contributed by atoms with Crippen molar-refractivity contribution >= 4 is 15.9 Å². The zero-order valence-corrected chi connectivity index (χ0v) is 22.3. The van der Waals surface area contributed by atoms with E-state index in [2.05, 4.69) is 4.98 Å². The lowest BCUT2D eigenvalue weighted by Crippen LogP contribution is -2.50. The molecule has 0 fully saturated rings. The molecule has 3 aromatic rings. The third kappa shape index (κ3) is 5.55. The van der Waals surface area contributed by atoms with Crippen LogP contribution in [0.3, 0.4) is 0 Å². The van der Waals surface area contributed by atoms with Crippen molar-refractivity contribution in [1.82, 2.24) is 14.2 Å². The van der Waals surface area contributed by atoms with E-state index in [4.69, 9.17) is 10.00 Å². The van der Waals surface area contributed by atoms with E-state index in [0.717, 1.165) is 11.1 Å². The lowest BCUT2D eigenvalue weighted by molar-refractivity contribution is 0.0373. The molecule has 198 valence electrons. The van der Waals surface area contributed by atoms with Crippen LogP contribution in [0, 0.1) is 17.2 Å². The van der Waals surface area contributed by atoms with Gasteiger partial charge in [-0.2, -0.15) is 9.57 Å². The van der Waals surface area contributed by atoms with E-state index in [1.807, 2.05) is 43.3 Å². The van der Waals surface area contributed by atoms with E-state index >= 15 is 0 Å². The van der Waals surface area contributed by atoms with Crippen LogP contribution < -0.4 is 4.74 Å². The predicted molar refractivity (Wildman–Crippen MR) is 142 cm³/mol. The Morgan fingerprint density at radius 2 is 1.87 bits per heavy atom. The first-order valence-corrected chi connectivity index (χ1v) is 13.7. The third-order valence-corrected chi connectivity index (χ3v) is 8.59. The van der Waals surface area contributed by atoms with Crippen molar-refractivity contribution in [2.45, 2.75) is 30.9 Å². The van der Waals surface area contributed by atoms with Crippen molar-refractivity contribution in [2.75, 3.05) is 26.7 Å². The number of carbonyl (C=O) groups is 1. The molecule has 0 spiro atoms. The summed E-state index contributed by atoms with van der Waals surface area (Å²) in [6.07, 6.45) is 0.991. The molecule has 38 heavy (non-hydrogen) atoms. The molecule has 0 saturated carbocycles. The van der Waals surface area contributed by atoms with Crippen LogP contribution in [0.25, 0.3) is 11.1 Å². The number of hydrogen-bond acceptors (Lipinski definition) is 7. The molecule has 4 rings (SSSR count). The van der Waals surface area contributed by atoms with E-state index in [-0.39, 0.29) is 47.9 Å². The molecule has 1 aromatic heterocycles. The van der Waals surface area contributed by atoms with Gasteiger partial charge in [0.2, 0.25) is 15.9 Å². The lowest BCUT2D eigenvalue weighted by atomic mass is 9.99.